The van der Waals surface area contributed by atoms with Crippen molar-refractivity contribution in [3.63, 3.8) is 0 Å². The summed E-state index contributed by atoms with van der Waals surface area (Å²) in [6.07, 6.45) is 0. The summed E-state index contributed by atoms with van der Waals surface area (Å²) < 4.78 is 15.4. The zero-order chi connectivity index (χ0) is 14.9. The number of nitrogens with one attached hydrogen (secondary N) is 1. The Hall–Kier alpha value is -1.19. The fourth-order valence-electron chi connectivity index (χ4n) is 2.56. The van der Waals surface area contributed by atoms with Crippen LogP contribution in [0.5, 0.6) is 0 Å². The highest BCUT2D eigenvalue weighted by molar-refractivity contribution is 9.10. The third-order valence-corrected chi connectivity index (χ3v) is 4.44. The second-order valence-electron chi connectivity index (χ2n) is 5.21. The minimum Gasteiger partial charge on any atom is -0.309 e. The predicted molar refractivity (Wildman–Crippen MR) is 85.7 cm³/mol. The van der Waals surface area contributed by atoms with E-state index in [1.807, 2.05) is 46.0 Å². The predicted octanol–water partition coefficient (Wildman–Crippen LogP) is 4.82. The van der Waals surface area contributed by atoms with Crippen LogP contribution in [0.25, 0.3) is 0 Å². The van der Waals surface area contributed by atoms with Crippen LogP contribution >= 0.6 is 15.9 Å². The molecular formula is C17H19BrFN. The zero-order valence-electron chi connectivity index (χ0n) is 12.2. The Labute approximate surface area is 128 Å². The lowest BCUT2D eigenvalue weighted by Crippen LogP contribution is -2.20. The van der Waals surface area contributed by atoms with Crippen LogP contribution in [0.3, 0.4) is 0 Å². The molecule has 0 bridgehead atoms. The molecule has 0 saturated heterocycles. The van der Waals surface area contributed by atoms with Gasteiger partial charge in [0.05, 0.1) is 6.04 Å². The quantitative estimate of drug-likeness (QED) is 0.847. The number of rotatable bonds is 3. The minimum atomic E-state index is -0.154. The lowest BCUT2D eigenvalue weighted by atomic mass is 9.93. The van der Waals surface area contributed by atoms with E-state index in [2.05, 4.69) is 27.3 Å². The summed E-state index contributed by atoms with van der Waals surface area (Å²) >= 11 is 3.54. The molecule has 0 fully saturated rings. The highest BCUT2D eigenvalue weighted by Gasteiger charge is 2.19. The summed E-state index contributed by atoms with van der Waals surface area (Å²) in [7, 11) is 1.86. The fraction of sp³-hybridized carbons (Fsp3) is 0.294. The number of hydrogen-bond acceptors (Lipinski definition) is 1. The Morgan fingerprint density at radius 3 is 2.30 bits per heavy atom. The third kappa shape index (κ3) is 2.94. The van der Waals surface area contributed by atoms with E-state index in [1.165, 1.54) is 5.56 Å². The van der Waals surface area contributed by atoms with Crippen LogP contribution in [0, 0.1) is 26.6 Å². The third-order valence-electron chi connectivity index (χ3n) is 3.59. The summed E-state index contributed by atoms with van der Waals surface area (Å²) in [6.45, 7) is 5.91. The first kappa shape index (κ1) is 15.2. The summed E-state index contributed by atoms with van der Waals surface area (Å²) in [5, 5.41) is 3.22. The van der Waals surface area contributed by atoms with Crippen LogP contribution in [0.4, 0.5) is 4.39 Å². The highest BCUT2D eigenvalue weighted by atomic mass is 79.9. The molecule has 3 heteroatoms. The second kappa shape index (κ2) is 6.06. The average Bonchev–Trinajstić information content (AvgIpc) is 2.37. The molecule has 0 saturated carbocycles. The Balaban J connectivity index is 2.55. The van der Waals surface area contributed by atoms with Crippen LogP contribution in [-0.4, -0.2) is 7.05 Å². The first-order valence-electron chi connectivity index (χ1n) is 6.64. The fourth-order valence-corrected chi connectivity index (χ4v) is 2.96. The molecule has 0 spiro atoms. The van der Waals surface area contributed by atoms with Crippen molar-refractivity contribution in [1.29, 1.82) is 0 Å². The average molecular weight is 336 g/mol. The Bertz CT molecular complexity index is 614. The van der Waals surface area contributed by atoms with Crippen molar-refractivity contribution in [3.05, 3.63) is 68.4 Å². The molecular weight excluding hydrogens is 317 g/mol. The molecule has 0 heterocycles. The lowest BCUT2D eigenvalue weighted by molar-refractivity contribution is 0.572. The highest BCUT2D eigenvalue weighted by Crippen LogP contribution is 2.30. The molecule has 20 heavy (non-hydrogen) atoms. The van der Waals surface area contributed by atoms with Gasteiger partial charge in [-0.1, -0.05) is 34.1 Å². The van der Waals surface area contributed by atoms with Gasteiger partial charge in [-0.2, -0.15) is 0 Å². The summed E-state index contributed by atoms with van der Waals surface area (Å²) in [4.78, 5) is 0. The Morgan fingerprint density at radius 1 is 1.05 bits per heavy atom. The van der Waals surface area contributed by atoms with Crippen LogP contribution in [0.2, 0.25) is 0 Å². The summed E-state index contributed by atoms with van der Waals surface area (Å²) in [6, 6.07) is 9.61. The van der Waals surface area contributed by atoms with Gasteiger partial charge in [0.1, 0.15) is 5.82 Å². The van der Waals surface area contributed by atoms with Gasteiger partial charge in [-0.05, 0) is 62.2 Å². The maximum absolute atomic E-state index is 14.4. The maximum Gasteiger partial charge on any atom is 0.128 e. The molecule has 1 nitrogen and oxygen atoms in total. The monoisotopic (exact) mass is 335 g/mol. The molecule has 1 atom stereocenters. The van der Waals surface area contributed by atoms with Crippen LogP contribution < -0.4 is 5.32 Å². The van der Waals surface area contributed by atoms with Gasteiger partial charge >= 0.3 is 0 Å². The number of aryl methyl sites for hydroxylation is 3. The van der Waals surface area contributed by atoms with E-state index < -0.39 is 0 Å². The standard InChI is InChI=1S/C17H19BrFN/c1-10-7-12(3)16(15(19)8-10)17(20-4)13-6-5-11(2)14(18)9-13/h5-9,17,20H,1-4H3. The maximum atomic E-state index is 14.4. The van der Waals surface area contributed by atoms with Crippen molar-refractivity contribution >= 4 is 15.9 Å². The molecule has 1 unspecified atom stereocenters. The number of hydrogen-bond donors (Lipinski definition) is 1. The summed E-state index contributed by atoms with van der Waals surface area (Å²) in [5.74, 6) is -0.154. The smallest absolute Gasteiger partial charge is 0.128 e. The van der Waals surface area contributed by atoms with Crippen molar-refractivity contribution < 1.29 is 4.39 Å². The normalized spacial score (nSPS) is 12.5. The molecule has 0 aromatic heterocycles. The molecule has 0 amide bonds. The molecule has 1 N–H and O–H groups in total. The SMILES string of the molecule is CNC(c1ccc(C)c(Br)c1)c1c(C)cc(C)cc1F. The van der Waals surface area contributed by atoms with Gasteiger partial charge in [0, 0.05) is 10.0 Å². The van der Waals surface area contributed by atoms with Gasteiger partial charge in [-0.3, -0.25) is 0 Å². The molecule has 2 aromatic carbocycles. The van der Waals surface area contributed by atoms with Crippen LogP contribution in [-0.2, 0) is 0 Å². The Morgan fingerprint density at radius 2 is 1.75 bits per heavy atom. The number of halogens is 2. The Kier molecular flexibility index (Phi) is 4.61. The summed E-state index contributed by atoms with van der Waals surface area (Å²) in [5.41, 5.74) is 4.86. The van der Waals surface area contributed by atoms with Crippen LogP contribution in [0.15, 0.2) is 34.8 Å². The van der Waals surface area contributed by atoms with E-state index in [4.69, 9.17) is 0 Å². The first-order valence-corrected chi connectivity index (χ1v) is 7.43. The van der Waals surface area contributed by atoms with E-state index in [1.54, 1.807) is 6.07 Å². The molecule has 0 aliphatic carbocycles. The van der Waals surface area contributed by atoms with Crippen molar-refractivity contribution in [2.75, 3.05) is 7.05 Å². The van der Waals surface area contributed by atoms with E-state index in [-0.39, 0.29) is 11.9 Å². The van der Waals surface area contributed by atoms with Crippen molar-refractivity contribution in [3.8, 4) is 0 Å². The largest absolute Gasteiger partial charge is 0.309 e. The van der Waals surface area contributed by atoms with Gasteiger partial charge in [-0.25, -0.2) is 4.39 Å². The number of benzene rings is 2. The van der Waals surface area contributed by atoms with Crippen molar-refractivity contribution in [2.45, 2.75) is 26.8 Å². The molecule has 106 valence electrons. The van der Waals surface area contributed by atoms with Crippen molar-refractivity contribution in [2.24, 2.45) is 0 Å². The minimum absolute atomic E-state index is 0.146. The molecule has 0 radical (unpaired) electrons. The van der Waals surface area contributed by atoms with Gasteiger partial charge < -0.3 is 5.32 Å². The van der Waals surface area contributed by atoms with Gasteiger partial charge in [0.2, 0.25) is 0 Å². The van der Waals surface area contributed by atoms with E-state index >= 15 is 0 Å². The van der Waals surface area contributed by atoms with E-state index in [9.17, 15) is 4.39 Å². The molecule has 0 aliphatic heterocycles. The molecule has 2 rings (SSSR count). The van der Waals surface area contributed by atoms with Crippen LogP contribution in [0.1, 0.15) is 33.9 Å². The van der Waals surface area contributed by atoms with E-state index in [0.29, 0.717) is 5.56 Å². The molecule has 0 aliphatic rings. The molecule has 2 aromatic rings. The first-order chi connectivity index (χ1) is 9.43. The van der Waals surface area contributed by atoms with Gasteiger partial charge in [-0.15, -0.1) is 0 Å². The van der Waals surface area contributed by atoms with Gasteiger partial charge in [0.15, 0.2) is 0 Å². The topological polar surface area (TPSA) is 12.0 Å². The van der Waals surface area contributed by atoms with Crippen molar-refractivity contribution in [1.82, 2.24) is 5.32 Å². The second-order valence-corrected chi connectivity index (χ2v) is 6.06. The lowest BCUT2D eigenvalue weighted by Gasteiger charge is -2.21. The van der Waals surface area contributed by atoms with Gasteiger partial charge in [0.25, 0.3) is 0 Å². The van der Waals surface area contributed by atoms with E-state index in [0.717, 1.165) is 21.2 Å². The zero-order valence-corrected chi connectivity index (χ0v) is 13.8.